The van der Waals surface area contributed by atoms with Gasteiger partial charge in [0.15, 0.2) is 11.3 Å². The lowest BCUT2D eigenvalue weighted by Crippen LogP contribution is -2.54. The molecule has 66 heavy (non-hydrogen) atoms. The van der Waals surface area contributed by atoms with Crippen molar-refractivity contribution in [3.05, 3.63) is 65.2 Å². The number of halogens is 2. The van der Waals surface area contributed by atoms with E-state index < -0.39 is 47.7 Å². The molecule has 6 aliphatic rings. The number of morpholine rings is 2. The molecule has 3 N–H and O–H groups in total. The number of nitrogens with zero attached hydrogens (tertiary/aromatic N) is 9. The van der Waals surface area contributed by atoms with Gasteiger partial charge >= 0.3 is 0 Å². The van der Waals surface area contributed by atoms with Crippen molar-refractivity contribution in [2.24, 2.45) is 5.92 Å². The van der Waals surface area contributed by atoms with Crippen molar-refractivity contribution in [3.8, 4) is 0 Å². The maximum atomic E-state index is 14.3. The van der Waals surface area contributed by atoms with Gasteiger partial charge < -0.3 is 29.9 Å². The summed E-state index contributed by atoms with van der Waals surface area (Å²) in [6, 6.07) is 6.03. The van der Waals surface area contributed by atoms with Crippen LogP contribution in [-0.2, 0) is 19.1 Å². The molecule has 2 bridgehead atoms. The standard InChI is InChI=1S/C45H54F2N12O7/c1-54(13-3-14-55-16-17-65-30(22-55)19-48-33-5-2-4-31-38(33)45(64)59(44(31)63)35-10-11-37(60)52-43(35)62)21-26-6-8-27(9-7-26)58-24-34(39(53-58)40(46)47)50-42(61)32-20-49-57-15-12-36(51-41(32)57)56-23-29-18-28(56)25-66-29/h2,4-5,12,15,20,24,26-30,35,40,48H,3,6-11,13-14,16-19,21-23,25H2,1H3,(H,50,61)(H,52,60,62)/t26-,27-,28-,29-,30-,35?/m1/s1. The van der Waals surface area contributed by atoms with Gasteiger partial charge in [0.1, 0.15) is 17.4 Å². The summed E-state index contributed by atoms with van der Waals surface area (Å²) in [4.78, 5) is 77.1. The SMILES string of the molecule is CN(CCCN1CCO[C@H](CNc2cccc3c2C(=O)N(C2CCC(=O)NC2=O)C3=O)C1)C[C@H]1CC[C@H](n2cc(NC(=O)c3cnn4ccc(N5C[C@H]6C[C@@H]5CO6)nc34)c(C(F)F)n2)CC1. The molecule has 5 aliphatic heterocycles. The number of carbonyl (C=O) groups is 5. The monoisotopic (exact) mass is 912 g/mol. The van der Waals surface area contributed by atoms with Gasteiger partial charge in [-0.05, 0) is 89.2 Å². The van der Waals surface area contributed by atoms with Crippen LogP contribution in [0.2, 0.25) is 0 Å². The summed E-state index contributed by atoms with van der Waals surface area (Å²) in [5, 5.41) is 16.8. The molecule has 8 heterocycles. The van der Waals surface area contributed by atoms with Crippen molar-refractivity contribution in [3.63, 3.8) is 0 Å². The van der Waals surface area contributed by atoms with Crippen LogP contribution in [0.4, 0.5) is 26.0 Å². The van der Waals surface area contributed by atoms with Gasteiger partial charge in [-0.25, -0.2) is 18.3 Å². The van der Waals surface area contributed by atoms with Gasteiger partial charge in [0, 0.05) is 57.2 Å². The third-order valence-corrected chi connectivity index (χ3v) is 14.0. The molecule has 19 nitrogen and oxygen atoms in total. The molecule has 0 radical (unpaired) electrons. The summed E-state index contributed by atoms with van der Waals surface area (Å²) < 4.78 is 43.5. The first-order chi connectivity index (χ1) is 32.0. The molecule has 4 aromatic rings. The number of carbonyl (C=O) groups excluding carboxylic acids is 5. The van der Waals surface area contributed by atoms with Gasteiger partial charge in [-0.3, -0.25) is 43.8 Å². The number of anilines is 3. The van der Waals surface area contributed by atoms with Gasteiger partial charge in [-0.1, -0.05) is 6.07 Å². The van der Waals surface area contributed by atoms with E-state index in [-0.39, 0.29) is 59.5 Å². The number of amides is 5. The van der Waals surface area contributed by atoms with Crippen molar-refractivity contribution < 1.29 is 42.2 Å². The van der Waals surface area contributed by atoms with E-state index in [9.17, 15) is 32.8 Å². The molecule has 5 amide bonds. The third kappa shape index (κ3) is 8.75. The minimum atomic E-state index is -2.87. The number of hydrogen-bond acceptors (Lipinski definition) is 14. The molecule has 4 atom stereocenters. The molecule has 1 unspecified atom stereocenters. The molecule has 1 saturated carbocycles. The summed E-state index contributed by atoms with van der Waals surface area (Å²) >= 11 is 0. The summed E-state index contributed by atoms with van der Waals surface area (Å²) in [5.41, 5.74) is 1.01. The minimum absolute atomic E-state index is 0.0159. The zero-order chi connectivity index (χ0) is 45.6. The van der Waals surface area contributed by atoms with E-state index in [1.807, 2.05) is 6.07 Å². The normalized spacial score (nSPS) is 25.7. The average molecular weight is 913 g/mol. The van der Waals surface area contributed by atoms with Gasteiger partial charge in [0.2, 0.25) is 11.8 Å². The van der Waals surface area contributed by atoms with Crippen molar-refractivity contribution in [2.75, 3.05) is 81.6 Å². The van der Waals surface area contributed by atoms with E-state index in [1.54, 1.807) is 29.1 Å². The smallest absolute Gasteiger partial charge is 0.284 e. The second-order valence-electron chi connectivity index (χ2n) is 18.4. The van der Waals surface area contributed by atoms with E-state index in [0.717, 1.165) is 82.0 Å². The van der Waals surface area contributed by atoms with E-state index in [0.29, 0.717) is 43.6 Å². The molecular formula is C45H54F2N12O7. The van der Waals surface area contributed by atoms with Crippen LogP contribution in [0.3, 0.4) is 0 Å². The molecule has 350 valence electrons. The predicted molar refractivity (Wildman–Crippen MR) is 235 cm³/mol. The Morgan fingerprint density at radius 3 is 2.64 bits per heavy atom. The second-order valence-corrected chi connectivity index (χ2v) is 18.4. The fraction of sp³-hybridized carbons (Fsp3) is 0.556. The molecule has 3 aromatic heterocycles. The molecular weight excluding hydrogens is 859 g/mol. The van der Waals surface area contributed by atoms with E-state index in [1.165, 1.54) is 16.9 Å². The minimum Gasteiger partial charge on any atom is -0.382 e. The van der Waals surface area contributed by atoms with Crippen LogP contribution < -0.4 is 20.9 Å². The Labute approximate surface area is 379 Å². The fourth-order valence-electron chi connectivity index (χ4n) is 10.6. The second kappa shape index (κ2) is 18.4. The Morgan fingerprint density at radius 2 is 1.86 bits per heavy atom. The Morgan fingerprint density at radius 1 is 1.02 bits per heavy atom. The number of benzene rings is 1. The first-order valence-corrected chi connectivity index (χ1v) is 23.0. The number of alkyl halides is 2. The number of rotatable bonds is 15. The number of fused-ring (bicyclic) bond motifs is 4. The number of ether oxygens (including phenoxy) is 2. The van der Waals surface area contributed by atoms with Crippen LogP contribution in [0.25, 0.3) is 5.65 Å². The van der Waals surface area contributed by atoms with Crippen LogP contribution >= 0.6 is 0 Å². The van der Waals surface area contributed by atoms with Gasteiger partial charge in [-0.2, -0.15) is 10.2 Å². The number of imide groups is 2. The van der Waals surface area contributed by atoms with Crippen LogP contribution in [0, 0.1) is 5.92 Å². The Balaban J connectivity index is 0.670. The number of piperidine rings is 1. The number of aromatic nitrogens is 5. The Kier molecular flexibility index (Phi) is 12.3. The van der Waals surface area contributed by atoms with Crippen LogP contribution in [-0.4, -0.2) is 159 Å². The molecule has 5 fully saturated rings. The Bertz CT molecular complexity index is 2530. The van der Waals surface area contributed by atoms with Crippen LogP contribution in [0.15, 0.2) is 42.9 Å². The highest BCUT2D eigenvalue weighted by Gasteiger charge is 2.46. The molecule has 0 spiro atoms. The zero-order valence-electron chi connectivity index (χ0n) is 36.7. The summed E-state index contributed by atoms with van der Waals surface area (Å²) in [6.07, 6.45) is 7.34. The number of hydrogen-bond donors (Lipinski definition) is 3. The lowest BCUT2D eigenvalue weighted by atomic mass is 9.86. The van der Waals surface area contributed by atoms with E-state index in [2.05, 4.69) is 47.9 Å². The first-order valence-electron chi connectivity index (χ1n) is 23.0. The van der Waals surface area contributed by atoms with Crippen LogP contribution in [0.5, 0.6) is 0 Å². The zero-order valence-corrected chi connectivity index (χ0v) is 36.7. The lowest BCUT2D eigenvalue weighted by Gasteiger charge is -2.34. The maximum Gasteiger partial charge on any atom is 0.284 e. The summed E-state index contributed by atoms with van der Waals surface area (Å²) in [5.74, 6) is -1.55. The fourth-order valence-corrected chi connectivity index (χ4v) is 10.6. The highest BCUT2D eigenvalue weighted by molar-refractivity contribution is 6.25. The van der Waals surface area contributed by atoms with E-state index >= 15 is 0 Å². The molecule has 1 aliphatic carbocycles. The first kappa shape index (κ1) is 44.0. The van der Waals surface area contributed by atoms with Gasteiger partial charge in [-0.15, -0.1) is 0 Å². The summed E-state index contributed by atoms with van der Waals surface area (Å²) in [6.45, 7) is 6.59. The molecule has 4 saturated heterocycles. The predicted octanol–water partition coefficient (Wildman–Crippen LogP) is 3.36. The highest BCUT2D eigenvalue weighted by atomic mass is 19.3. The Hall–Kier alpha value is -5.90. The van der Waals surface area contributed by atoms with Gasteiger partial charge in [0.05, 0.1) is 60.5 Å². The van der Waals surface area contributed by atoms with Crippen molar-refractivity contribution in [2.45, 2.75) is 88.1 Å². The van der Waals surface area contributed by atoms with Gasteiger partial charge in [0.25, 0.3) is 24.1 Å². The lowest BCUT2D eigenvalue weighted by molar-refractivity contribution is -0.136. The molecule has 10 rings (SSSR count). The van der Waals surface area contributed by atoms with Crippen molar-refractivity contribution in [1.29, 1.82) is 0 Å². The number of nitrogens with one attached hydrogen (secondary N) is 3. The van der Waals surface area contributed by atoms with E-state index in [4.69, 9.17) is 14.5 Å². The molecule has 21 heteroatoms. The van der Waals surface area contributed by atoms with Crippen molar-refractivity contribution >= 4 is 52.4 Å². The quantitative estimate of drug-likeness (QED) is 0.147. The maximum absolute atomic E-state index is 14.3. The van der Waals surface area contributed by atoms with Crippen LogP contribution in [0.1, 0.15) is 101 Å². The van der Waals surface area contributed by atoms with Crippen molar-refractivity contribution in [1.82, 2.24) is 44.4 Å². The summed E-state index contributed by atoms with van der Waals surface area (Å²) in [7, 11) is 2.13. The topological polar surface area (TPSA) is 201 Å². The molecule has 1 aromatic carbocycles. The largest absolute Gasteiger partial charge is 0.382 e. The third-order valence-electron chi connectivity index (χ3n) is 14.0. The average Bonchev–Trinajstić information content (AvgIpc) is 4.16. The highest BCUT2D eigenvalue weighted by Crippen LogP contribution is 2.37.